The molecule has 2 aromatic rings. The number of pyridine rings is 1. The molecule has 0 aliphatic heterocycles. The van der Waals surface area contributed by atoms with E-state index in [1.807, 2.05) is 19.1 Å². The normalized spacial score (nSPS) is 10.6. The minimum absolute atomic E-state index is 0.0165. The second kappa shape index (κ2) is 5.78. The lowest BCUT2D eigenvalue weighted by molar-refractivity contribution is 0.0982. The number of carbonyl (C=O) groups excluding carboxylic acids is 1. The molecule has 0 atom stereocenters. The van der Waals surface area contributed by atoms with Crippen molar-refractivity contribution in [3.63, 3.8) is 0 Å². The summed E-state index contributed by atoms with van der Waals surface area (Å²) < 4.78 is 1.67. The summed E-state index contributed by atoms with van der Waals surface area (Å²) in [5.41, 5.74) is 1.42. The van der Waals surface area contributed by atoms with Crippen LogP contribution >= 0.6 is 11.6 Å². The maximum atomic E-state index is 12.2. The summed E-state index contributed by atoms with van der Waals surface area (Å²) in [4.78, 5) is 16.2. The molecule has 4 nitrogen and oxygen atoms in total. The molecule has 0 N–H and O–H groups in total. The van der Waals surface area contributed by atoms with E-state index in [4.69, 9.17) is 11.6 Å². The van der Waals surface area contributed by atoms with Crippen LogP contribution in [0.3, 0.4) is 0 Å². The molecule has 0 saturated carbocycles. The van der Waals surface area contributed by atoms with Gasteiger partial charge in [-0.25, -0.2) is 0 Å². The Labute approximate surface area is 111 Å². The van der Waals surface area contributed by atoms with Crippen LogP contribution in [0.4, 0.5) is 0 Å². The average Bonchev–Trinajstić information content (AvgIpc) is 2.72. The van der Waals surface area contributed by atoms with E-state index in [1.54, 1.807) is 17.1 Å². The third-order valence-corrected chi connectivity index (χ3v) is 2.88. The van der Waals surface area contributed by atoms with E-state index in [1.165, 1.54) is 6.20 Å². The highest BCUT2D eigenvalue weighted by atomic mass is 35.5. The molecule has 0 saturated heterocycles. The van der Waals surface area contributed by atoms with Gasteiger partial charge in [-0.2, -0.15) is 5.10 Å². The summed E-state index contributed by atoms with van der Waals surface area (Å²) in [7, 11) is 0. The third kappa shape index (κ3) is 2.76. The molecule has 94 valence electrons. The first kappa shape index (κ1) is 12.8. The maximum absolute atomic E-state index is 12.2. The summed E-state index contributed by atoms with van der Waals surface area (Å²) in [5, 5.41) is 4.54. The number of halogens is 1. The predicted octanol–water partition coefficient (Wildman–Crippen LogP) is 2.77. The van der Waals surface area contributed by atoms with Gasteiger partial charge in [-0.15, -0.1) is 0 Å². The zero-order valence-electron chi connectivity index (χ0n) is 10.1. The summed E-state index contributed by atoms with van der Waals surface area (Å²) in [6.45, 7) is 2.73. The zero-order chi connectivity index (χ0) is 13.0. The molecule has 2 rings (SSSR count). The molecule has 18 heavy (non-hydrogen) atoms. The Morgan fingerprint density at radius 2 is 2.11 bits per heavy atom. The SMILES string of the molecule is CCCn1ncc(Cl)c1C(=O)Cc1ccncc1. The monoisotopic (exact) mass is 263 g/mol. The molecule has 0 amide bonds. The van der Waals surface area contributed by atoms with Crippen LogP contribution in [0.15, 0.2) is 30.7 Å². The van der Waals surface area contributed by atoms with E-state index >= 15 is 0 Å². The summed E-state index contributed by atoms with van der Waals surface area (Å²) in [5.74, 6) is -0.0165. The van der Waals surface area contributed by atoms with Crippen molar-refractivity contribution >= 4 is 17.4 Å². The Morgan fingerprint density at radius 1 is 1.39 bits per heavy atom. The molecule has 2 heterocycles. The number of nitrogens with zero attached hydrogens (tertiary/aromatic N) is 3. The van der Waals surface area contributed by atoms with Gasteiger partial charge in [0.2, 0.25) is 0 Å². The number of rotatable bonds is 5. The molecule has 0 aromatic carbocycles. The molecular formula is C13H14ClN3O. The maximum Gasteiger partial charge on any atom is 0.186 e. The number of ketones is 1. The first-order valence-corrected chi connectivity index (χ1v) is 6.23. The van der Waals surface area contributed by atoms with Gasteiger partial charge in [0, 0.05) is 25.4 Å². The van der Waals surface area contributed by atoms with Crippen LogP contribution in [0.2, 0.25) is 5.02 Å². The topological polar surface area (TPSA) is 47.8 Å². The Balaban J connectivity index is 2.21. The number of aryl methyl sites for hydroxylation is 1. The van der Waals surface area contributed by atoms with E-state index in [0.717, 1.165) is 12.0 Å². The van der Waals surface area contributed by atoms with Crippen LogP contribution < -0.4 is 0 Å². The molecule has 0 aliphatic rings. The molecule has 0 unspecified atom stereocenters. The van der Waals surface area contributed by atoms with Gasteiger partial charge in [0.25, 0.3) is 0 Å². The molecule has 0 bridgehead atoms. The molecule has 5 heteroatoms. The number of Topliss-reactive ketones (excluding diaryl/α,β-unsaturated/α-hetero) is 1. The van der Waals surface area contributed by atoms with Gasteiger partial charge in [-0.1, -0.05) is 18.5 Å². The van der Waals surface area contributed by atoms with Crippen LogP contribution in [-0.4, -0.2) is 20.5 Å². The van der Waals surface area contributed by atoms with Gasteiger partial charge in [0.05, 0.1) is 11.2 Å². The van der Waals surface area contributed by atoms with Crippen molar-refractivity contribution < 1.29 is 4.79 Å². The van der Waals surface area contributed by atoms with E-state index in [9.17, 15) is 4.79 Å². The fourth-order valence-electron chi connectivity index (χ4n) is 1.79. The van der Waals surface area contributed by atoms with Crippen molar-refractivity contribution in [3.8, 4) is 0 Å². The summed E-state index contributed by atoms with van der Waals surface area (Å²) >= 11 is 6.03. The lowest BCUT2D eigenvalue weighted by Crippen LogP contribution is -2.13. The quantitative estimate of drug-likeness (QED) is 0.780. The Hall–Kier alpha value is -1.68. The molecule has 0 fully saturated rings. The number of hydrogen-bond acceptors (Lipinski definition) is 3. The van der Waals surface area contributed by atoms with Crippen molar-refractivity contribution in [2.24, 2.45) is 0 Å². The highest BCUT2D eigenvalue weighted by Gasteiger charge is 2.17. The van der Waals surface area contributed by atoms with E-state index < -0.39 is 0 Å². The standard InChI is InChI=1S/C13H14ClN3O/c1-2-7-17-13(11(14)9-16-17)12(18)8-10-3-5-15-6-4-10/h3-6,9H,2,7-8H2,1H3. The molecule has 0 radical (unpaired) electrons. The molecule has 0 aliphatic carbocycles. The zero-order valence-corrected chi connectivity index (χ0v) is 10.9. The highest BCUT2D eigenvalue weighted by molar-refractivity contribution is 6.33. The number of hydrogen-bond donors (Lipinski definition) is 0. The Kier molecular flexibility index (Phi) is 4.10. The van der Waals surface area contributed by atoms with Crippen LogP contribution in [-0.2, 0) is 13.0 Å². The number of aromatic nitrogens is 3. The minimum Gasteiger partial charge on any atom is -0.292 e. The Morgan fingerprint density at radius 3 is 2.78 bits per heavy atom. The van der Waals surface area contributed by atoms with E-state index in [-0.39, 0.29) is 5.78 Å². The third-order valence-electron chi connectivity index (χ3n) is 2.61. The molecule has 0 spiro atoms. The highest BCUT2D eigenvalue weighted by Crippen LogP contribution is 2.18. The first-order valence-electron chi connectivity index (χ1n) is 5.85. The van der Waals surface area contributed by atoms with Gasteiger partial charge >= 0.3 is 0 Å². The second-order valence-corrected chi connectivity index (χ2v) is 4.43. The fourth-order valence-corrected chi connectivity index (χ4v) is 2.04. The minimum atomic E-state index is -0.0165. The Bertz CT molecular complexity index is 536. The lowest BCUT2D eigenvalue weighted by atomic mass is 10.1. The van der Waals surface area contributed by atoms with Crippen molar-refractivity contribution in [2.45, 2.75) is 26.3 Å². The van der Waals surface area contributed by atoms with Crippen molar-refractivity contribution in [3.05, 3.63) is 47.0 Å². The fraction of sp³-hybridized carbons (Fsp3) is 0.308. The van der Waals surface area contributed by atoms with Gasteiger partial charge in [0.15, 0.2) is 5.78 Å². The van der Waals surface area contributed by atoms with E-state index in [0.29, 0.717) is 23.7 Å². The largest absolute Gasteiger partial charge is 0.292 e. The summed E-state index contributed by atoms with van der Waals surface area (Å²) in [6.07, 6.45) is 6.10. The molecule has 2 aromatic heterocycles. The van der Waals surface area contributed by atoms with Crippen molar-refractivity contribution in [1.29, 1.82) is 0 Å². The van der Waals surface area contributed by atoms with Crippen molar-refractivity contribution in [1.82, 2.24) is 14.8 Å². The predicted molar refractivity (Wildman–Crippen MR) is 69.8 cm³/mol. The average molecular weight is 264 g/mol. The van der Waals surface area contributed by atoms with Gasteiger partial charge in [-0.3, -0.25) is 14.5 Å². The van der Waals surface area contributed by atoms with Crippen LogP contribution in [0.5, 0.6) is 0 Å². The van der Waals surface area contributed by atoms with Crippen LogP contribution in [0.25, 0.3) is 0 Å². The van der Waals surface area contributed by atoms with Gasteiger partial charge in [0.1, 0.15) is 5.69 Å². The van der Waals surface area contributed by atoms with Crippen LogP contribution in [0, 0.1) is 0 Å². The van der Waals surface area contributed by atoms with Crippen molar-refractivity contribution in [2.75, 3.05) is 0 Å². The summed E-state index contributed by atoms with van der Waals surface area (Å²) in [6, 6.07) is 3.65. The van der Waals surface area contributed by atoms with E-state index in [2.05, 4.69) is 10.1 Å². The second-order valence-electron chi connectivity index (χ2n) is 4.02. The van der Waals surface area contributed by atoms with Gasteiger partial charge in [-0.05, 0) is 24.1 Å². The first-order chi connectivity index (χ1) is 8.72. The number of carbonyl (C=O) groups is 1. The lowest BCUT2D eigenvalue weighted by Gasteiger charge is -2.05. The smallest absolute Gasteiger partial charge is 0.186 e. The van der Waals surface area contributed by atoms with Crippen LogP contribution in [0.1, 0.15) is 29.4 Å². The molecular weight excluding hydrogens is 250 g/mol. The van der Waals surface area contributed by atoms with Gasteiger partial charge < -0.3 is 0 Å².